The number of ether oxygens (including phenoxy) is 3. The summed E-state index contributed by atoms with van der Waals surface area (Å²) < 4.78 is 16.5. The van der Waals surface area contributed by atoms with Gasteiger partial charge in [-0.1, -0.05) is 30.3 Å². The standard InChI is InChI=1S/C25H22N2O5/c28-24(26-14-17-4-2-1-3-5-17)18-6-8-21-20(12-18)15-27(10-11-30-21)25(29)19-7-9-22-23(13-19)32-16-31-22/h1-9,12-13H,10-11,14-16H2,(H,26,28). The zero-order chi connectivity index (χ0) is 21.9. The van der Waals surface area contributed by atoms with E-state index in [9.17, 15) is 9.59 Å². The maximum absolute atomic E-state index is 13.1. The summed E-state index contributed by atoms with van der Waals surface area (Å²) in [5, 5.41) is 2.94. The molecule has 0 saturated heterocycles. The zero-order valence-electron chi connectivity index (χ0n) is 17.4. The number of fused-ring (bicyclic) bond motifs is 2. The molecule has 2 aliphatic rings. The number of amides is 2. The van der Waals surface area contributed by atoms with Crippen LogP contribution in [0.25, 0.3) is 0 Å². The van der Waals surface area contributed by atoms with Gasteiger partial charge in [-0.15, -0.1) is 0 Å². The van der Waals surface area contributed by atoms with Crippen molar-refractivity contribution in [2.24, 2.45) is 0 Å². The van der Waals surface area contributed by atoms with Crippen LogP contribution in [0.3, 0.4) is 0 Å². The van der Waals surface area contributed by atoms with Crippen LogP contribution in [-0.4, -0.2) is 36.7 Å². The van der Waals surface area contributed by atoms with Crippen LogP contribution < -0.4 is 19.5 Å². The number of hydrogen-bond donors (Lipinski definition) is 1. The fourth-order valence-electron chi connectivity index (χ4n) is 3.80. The molecule has 0 atom stereocenters. The molecular formula is C25H22N2O5. The average molecular weight is 430 g/mol. The molecule has 0 fully saturated rings. The molecule has 0 radical (unpaired) electrons. The zero-order valence-corrected chi connectivity index (χ0v) is 17.4. The third-order valence-corrected chi connectivity index (χ3v) is 5.51. The molecule has 7 nitrogen and oxygen atoms in total. The molecule has 1 N–H and O–H groups in total. The van der Waals surface area contributed by atoms with Crippen LogP contribution in [0.1, 0.15) is 31.8 Å². The van der Waals surface area contributed by atoms with E-state index in [1.54, 1.807) is 41.3 Å². The number of hydrogen-bond acceptors (Lipinski definition) is 5. The Morgan fingerprint density at radius 3 is 2.50 bits per heavy atom. The van der Waals surface area contributed by atoms with Crippen LogP contribution in [0.4, 0.5) is 0 Å². The van der Waals surface area contributed by atoms with Gasteiger partial charge in [-0.2, -0.15) is 0 Å². The minimum absolute atomic E-state index is 0.126. The van der Waals surface area contributed by atoms with E-state index in [1.165, 1.54) is 0 Å². The molecule has 0 bridgehead atoms. The lowest BCUT2D eigenvalue weighted by Gasteiger charge is -2.20. The van der Waals surface area contributed by atoms with E-state index in [2.05, 4.69) is 5.32 Å². The maximum atomic E-state index is 13.1. The second-order valence-corrected chi connectivity index (χ2v) is 7.63. The Bertz CT molecular complexity index is 1160. The summed E-state index contributed by atoms with van der Waals surface area (Å²) in [6.07, 6.45) is 0. The average Bonchev–Trinajstić information content (AvgIpc) is 3.20. The van der Waals surface area contributed by atoms with E-state index in [1.807, 2.05) is 30.3 Å². The Balaban J connectivity index is 1.31. The van der Waals surface area contributed by atoms with E-state index in [-0.39, 0.29) is 18.6 Å². The predicted molar refractivity (Wildman–Crippen MR) is 117 cm³/mol. The first kappa shape index (κ1) is 19.9. The highest BCUT2D eigenvalue weighted by Gasteiger charge is 2.24. The number of carbonyl (C=O) groups is 2. The molecule has 5 rings (SSSR count). The Labute approximate surface area is 185 Å². The highest BCUT2D eigenvalue weighted by atomic mass is 16.7. The van der Waals surface area contributed by atoms with E-state index >= 15 is 0 Å². The second-order valence-electron chi connectivity index (χ2n) is 7.63. The quantitative estimate of drug-likeness (QED) is 0.687. The first-order valence-electron chi connectivity index (χ1n) is 10.4. The number of nitrogens with one attached hydrogen (secondary N) is 1. The van der Waals surface area contributed by atoms with Crippen molar-refractivity contribution in [2.45, 2.75) is 13.1 Å². The molecule has 2 amide bonds. The molecule has 7 heteroatoms. The fraction of sp³-hybridized carbons (Fsp3) is 0.200. The first-order chi connectivity index (χ1) is 15.7. The van der Waals surface area contributed by atoms with E-state index in [0.29, 0.717) is 54.6 Å². The monoisotopic (exact) mass is 430 g/mol. The third-order valence-electron chi connectivity index (χ3n) is 5.51. The molecule has 0 spiro atoms. The summed E-state index contributed by atoms with van der Waals surface area (Å²) in [7, 11) is 0. The van der Waals surface area contributed by atoms with Crippen molar-refractivity contribution >= 4 is 11.8 Å². The summed E-state index contributed by atoms with van der Waals surface area (Å²) in [6.45, 7) is 1.78. The van der Waals surface area contributed by atoms with Crippen molar-refractivity contribution in [2.75, 3.05) is 19.9 Å². The van der Waals surface area contributed by atoms with Crippen LogP contribution >= 0.6 is 0 Å². The van der Waals surface area contributed by atoms with E-state index in [4.69, 9.17) is 14.2 Å². The highest BCUT2D eigenvalue weighted by molar-refractivity contribution is 5.96. The molecule has 3 aromatic carbocycles. The van der Waals surface area contributed by atoms with Crippen molar-refractivity contribution < 1.29 is 23.8 Å². The van der Waals surface area contributed by atoms with Gasteiger partial charge in [-0.05, 0) is 42.0 Å². The molecule has 0 saturated carbocycles. The Kier molecular flexibility index (Phi) is 5.37. The predicted octanol–water partition coefficient (Wildman–Crippen LogP) is 3.38. The first-order valence-corrected chi connectivity index (χ1v) is 10.4. The van der Waals surface area contributed by atoms with Gasteiger partial charge < -0.3 is 24.4 Å². The van der Waals surface area contributed by atoms with Gasteiger partial charge in [0.25, 0.3) is 11.8 Å². The topological polar surface area (TPSA) is 77.1 Å². The molecule has 32 heavy (non-hydrogen) atoms. The lowest BCUT2D eigenvalue weighted by molar-refractivity contribution is 0.0732. The van der Waals surface area contributed by atoms with Crippen LogP contribution in [0, 0.1) is 0 Å². The normalized spacial score (nSPS) is 14.2. The molecule has 0 aromatic heterocycles. The smallest absolute Gasteiger partial charge is 0.254 e. The molecular weight excluding hydrogens is 408 g/mol. The van der Waals surface area contributed by atoms with Crippen LogP contribution in [0.5, 0.6) is 17.2 Å². The van der Waals surface area contributed by atoms with Gasteiger partial charge in [-0.3, -0.25) is 9.59 Å². The summed E-state index contributed by atoms with van der Waals surface area (Å²) in [4.78, 5) is 27.5. The molecule has 162 valence electrons. The summed E-state index contributed by atoms with van der Waals surface area (Å²) in [6, 6.07) is 20.2. The third kappa shape index (κ3) is 4.09. The minimum atomic E-state index is -0.172. The van der Waals surface area contributed by atoms with Crippen molar-refractivity contribution in [1.82, 2.24) is 10.2 Å². The van der Waals surface area contributed by atoms with Crippen LogP contribution in [-0.2, 0) is 13.1 Å². The number of carbonyl (C=O) groups excluding carboxylic acids is 2. The summed E-state index contributed by atoms with van der Waals surface area (Å²) >= 11 is 0. The van der Waals surface area contributed by atoms with E-state index in [0.717, 1.165) is 11.1 Å². The van der Waals surface area contributed by atoms with Crippen molar-refractivity contribution in [1.29, 1.82) is 0 Å². The Morgan fingerprint density at radius 2 is 1.62 bits per heavy atom. The molecule has 2 aliphatic heterocycles. The minimum Gasteiger partial charge on any atom is -0.491 e. The lowest BCUT2D eigenvalue weighted by atomic mass is 10.1. The summed E-state index contributed by atoms with van der Waals surface area (Å²) in [5.41, 5.74) is 2.87. The van der Waals surface area contributed by atoms with Crippen molar-refractivity contribution in [3.63, 3.8) is 0 Å². The van der Waals surface area contributed by atoms with Gasteiger partial charge in [0.1, 0.15) is 12.4 Å². The fourth-order valence-corrected chi connectivity index (χ4v) is 3.80. The highest BCUT2D eigenvalue weighted by Crippen LogP contribution is 2.33. The van der Waals surface area contributed by atoms with Gasteiger partial charge >= 0.3 is 0 Å². The largest absolute Gasteiger partial charge is 0.491 e. The lowest BCUT2D eigenvalue weighted by Crippen LogP contribution is -2.32. The van der Waals surface area contributed by atoms with Crippen LogP contribution in [0.15, 0.2) is 66.7 Å². The van der Waals surface area contributed by atoms with Crippen LogP contribution in [0.2, 0.25) is 0 Å². The van der Waals surface area contributed by atoms with Gasteiger partial charge in [0.2, 0.25) is 6.79 Å². The number of nitrogens with zero attached hydrogens (tertiary/aromatic N) is 1. The van der Waals surface area contributed by atoms with E-state index < -0.39 is 0 Å². The second kappa shape index (κ2) is 8.63. The Morgan fingerprint density at radius 1 is 0.844 bits per heavy atom. The SMILES string of the molecule is O=C(NCc1ccccc1)c1ccc2c(c1)CN(C(=O)c1ccc3c(c1)OCO3)CCO2. The van der Waals surface area contributed by atoms with Crippen molar-refractivity contribution in [3.8, 4) is 17.2 Å². The van der Waals surface area contributed by atoms with Crippen molar-refractivity contribution in [3.05, 3.63) is 89.0 Å². The van der Waals surface area contributed by atoms with Gasteiger partial charge in [-0.25, -0.2) is 0 Å². The maximum Gasteiger partial charge on any atom is 0.254 e. The number of rotatable bonds is 4. The molecule has 0 aliphatic carbocycles. The van der Waals surface area contributed by atoms with Gasteiger partial charge in [0, 0.05) is 29.8 Å². The molecule has 2 heterocycles. The molecule has 0 unspecified atom stereocenters. The Hall–Kier alpha value is -4.00. The van der Waals surface area contributed by atoms with Gasteiger partial charge in [0.15, 0.2) is 11.5 Å². The molecule has 3 aromatic rings. The number of benzene rings is 3. The summed E-state index contributed by atoms with van der Waals surface area (Å²) in [5.74, 6) is 1.59. The van der Waals surface area contributed by atoms with Gasteiger partial charge in [0.05, 0.1) is 6.54 Å².